The molecule has 1 aliphatic rings. The van der Waals surface area contributed by atoms with E-state index in [1.807, 2.05) is 48.5 Å². The number of hydrogen-bond donors (Lipinski definition) is 2. The summed E-state index contributed by atoms with van der Waals surface area (Å²) in [5.41, 5.74) is 3.03. The van der Waals surface area contributed by atoms with Gasteiger partial charge in [0.2, 0.25) is 11.8 Å². The van der Waals surface area contributed by atoms with Crippen molar-refractivity contribution in [3.63, 3.8) is 0 Å². The van der Waals surface area contributed by atoms with Crippen LogP contribution in [0.15, 0.2) is 84.0 Å². The maximum Gasteiger partial charge on any atom is 0.408 e. The molecule has 9 nitrogen and oxygen atoms in total. The Bertz CT molecular complexity index is 1270. The van der Waals surface area contributed by atoms with Gasteiger partial charge in [-0.2, -0.15) is 0 Å². The molecule has 37 heavy (non-hydrogen) atoms. The Morgan fingerprint density at radius 1 is 1.08 bits per heavy atom. The average Bonchev–Trinajstić information content (AvgIpc) is 3.21. The second kappa shape index (κ2) is 12.2. The Labute approximate surface area is 219 Å². The van der Waals surface area contributed by atoms with Crippen LogP contribution in [-0.2, 0) is 27.5 Å². The lowest BCUT2D eigenvalue weighted by Crippen LogP contribution is -2.41. The summed E-state index contributed by atoms with van der Waals surface area (Å²) in [6, 6.07) is 21.2. The predicted octanol–water partition coefficient (Wildman–Crippen LogP) is 4.14. The quantitative estimate of drug-likeness (QED) is 0.464. The number of carbonyl (C=O) groups excluding carboxylic acids is 3. The number of carbonyl (C=O) groups is 3. The van der Waals surface area contributed by atoms with Gasteiger partial charge in [0, 0.05) is 18.9 Å². The molecule has 190 valence electrons. The smallest absolute Gasteiger partial charge is 0.408 e. The predicted molar refractivity (Wildman–Crippen MR) is 143 cm³/mol. The maximum absolute atomic E-state index is 12.8. The zero-order valence-electron chi connectivity index (χ0n) is 20.5. The molecule has 2 N–H and O–H groups in total. The van der Waals surface area contributed by atoms with Gasteiger partial charge < -0.3 is 15.4 Å². The molecule has 1 unspecified atom stereocenters. The van der Waals surface area contributed by atoms with Gasteiger partial charge in [0.05, 0.1) is 12.2 Å². The number of nitrogens with zero attached hydrogens (tertiary/aromatic N) is 3. The van der Waals surface area contributed by atoms with E-state index in [1.165, 1.54) is 11.8 Å². The molecule has 0 radical (unpaired) electrons. The van der Waals surface area contributed by atoms with Gasteiger partial charge in [-0.1, -0.05) is 60.3 Å². The average molecular weight is 518 g/mol. The number of nitrogens with one attached hydrogen (secondary N) is 2. The largest absolute Gasteiger partial charge is 0.445 e. The van der Waals surface area contributed by atoms with Crippen molar-refractivity contribution in [1.82, 2.24) is 15.2 Å². The van der Waals surface area contributed by atoms with Crippen molar-refractivity contribution >= 4 is 40.5 Å². The van der Waals surface area contributed by atoms with Crippen LogP contribution >= 0.6 is 11.8 Å². The molecule has 2 heterocycles. The van der Waals surface area contributed by atoms with Crippen LogP contribution in [0.1, 0.15) is 29.0 Å². The first kappa shape index (κ1) is 25.9. The number of hydrogen-bond acceptors (Lipinski definition) is 7. The molecule has 3 amide bonds. The molecule has 1 aromatic heterocycles. The standard InChI is InChI=1S/C27H27N5O4S/c1-18(30-27(35)36-17-19-8-4-3-5-9-19)24(33)31-21-13-11-20(12-14-21)23-25(34)32(2)26(37-23)29-16-22-10-6-7-15-28-22/h3-15,18,23H,16-17H2,1-2H3,(H,30,35)(H,31,33)/t18-,23?/m1/s1. The van der Waals surface area contributed by atoms with E-state index in [9.17, 15) is 14.4 Å². The number of benzene rings is 2. The van der Waals surface area contributed by atoms with Crippen LogP contribution in [0.4, 0.5) is 10.5 Å². The number of anilines is 1. The van der Waals surface area contributed by atoms with E-state index in [4.69, 9.17) is 4.74 Å². The molecule has 2 aromatic carbocycles. The van der Waals surface area contributed by atoms with Crippen molar-refractivity contribution in [2.75, 3.05) is 12.4 Å². The number of rotatable bonds is 8. The van der Waals surface area contributed by atoms with Crippen molar-refractivity contribution in [2.24, 2.45) is 4.99 Å². The summed E-state index contributed by atoms with van der Waals surface area (Å²) in [7, 11) is 1.71. The molecular formula is C27H27N5O4S. The summed E-state index contributed by atoms with van der Waals surface area (Å²) in [5, 5.41) is 5.50. The third-order valence-electron chi connectivity index (χ3n) is 5.59. The molecule has 1 fully saturated rings. The highest BCUT2D eigenvalue weighted by Crippen LogP contribution is 2.39. The fourth-order valence-electron chi connectivity index (χ4n) is 3.50. The van der Waals surface area contributed by atoms with Crippen molar-refractivity contribution in [1.29, 1.82) is 0 Å². The third-order valence-corrected chi connectivity index (χ3v) is 6.91. The van der Waals surface area contributed by atoms with E-state index in [1.54, 1.807) is 49.3 Å². The number of aromatic nitrogens is 1. The molecule has 1 aliphatic heterocycles. The van der Waals surface area contributed by atoms with Crippen molar-refractivity contribution in [3.05, 3.63) is 95.8 Å². The van der Waals surface area contributed by atoms with Crippen LogP contribution in [0, 0.1) is 0 Å². The van der Waals surface area contributed by atoms with Crippen LogP contribution < -0.4 is 10.6 Å². The number of thioether (sulfide) groups is 1. The van der Waals surface area contributed by atoms with E-state index in [0.717, 1.165) is 16.8 Å². The number of alkyl carbamates (subject to hydrolysis) is 1. The Morgan fingerprint density at radius 3 is 2.51 bits per heavy atom. The van der Waals surface area contributed by atoms with Gasteiger partial charge in [-0.25, -0.2) is 4.79 Å². The zero-order chi connectivity index (χ0) is 26.2. The van der Waals surface area contributed by atoms with Crippen LogP contribution in [0.25, 0.3) is 0 Å². The second-order valence-electron chi connectivity index (χ2n) is 8.35. The molecule has 1 saturated heterocycles. The summed E-state index contributed by atoms with van der Waals surface area (Å²) in [6.07, 6.45) is 1.03. The number of amides is 3. The fourth-order valence-corrected chi connectivity index (χ4v) is 4.65. The summed E-state index contributed by atoms with van der Waals surface area (Å²) in [4.78, 5) is 47.7. The molecule has 2 atom stereocenters. The lowest BCUT2D eigenvalue weighted by Gasteiger charge is -2.15. The monoisotopic (exact) mass is 517 g/mol. The van der Waals surface area contributed by atoms with Crippen molar-refractivity contribution < 1.29 is 19.1 Å². The Morgan fingerprint density at radius 2 is 1.81 bits per heavy atom. The normalized spacial score (nSPS) is 16.9. The van der Waals surface area contributed by atoms with Crippen molar-refractivity contribution in [3.8, 4) is 0 Å². The molecule has 0 bridgehead atoms. The van der Waals surface area contributed by atoms with E-state index in [2.05, 4.69) is 20.6 Å². The highest BCUT2D eigenvalue weighted by atomic mass is 32.2. The first-order chi connectivity index (χ1) is 17.9. The number of amidine groups is 1. The molecule has 10 heteroatoms. The number of ether oxygens (including phenoxy) is 1. The Hall–Kier alpha value is -4.18. The number of aliphatic imine (C=N–C) groups is 1. The van der Waals surface area contributed by atoms with E-state index >= 15 is 0 Å². The first-order valence-electron chi connectivity index (χ1n) is 11.7. The maximum atomic E-state index is 12.8. The molecular weight excluding hydrogens is 490 g/mol. The van der Waals surface area contributed by atoms with Crippen LogP contribution in [-0.4, -0.2) is 46.0 Å². The van der Waals surface area contributed by atoms with Gasteiger partial charge in [-0.3, -0.25) is 24.5 Å². The lowest BCUT2D eigenvalue weighted by atomic mass is 10.1. The highest BCUT2D eigenvalue weighted by molar-refractivity contribution is 8.15. The summed E-state index contributed by atoms with van der Waals surface area (Å²) >= 11 is 1.38. The van der Waals surface area contributed by atoms with Crippen LogP contribution in [0.5, 0.6) is 0 Å². The molecule has 0 aliphatic carbocycles. The summed E-state index contributed by atoms with van der Waals surface area (Å²) < 4.78 is 5.16. The van der Waals surface area contributed by atoms with Gasteiger partial charge in [0.25, 0.3) is 0 Å². The van der Waals surface area contributed by atoms with E-state index in [0.29, 0.717) is 17.4 Å². The minimum Gasteiger partial charge on any atom is -0.445 e. The Balaban J connectivity index is 1.29. The van der Waals surface area contributed by atoms with Crippen LogP contribution in [0.2, 0.25) is 0 Å². The molecule has 3 aromatic rings. The highest BCUT2D eigenvalue weighted by Gasteiger charge is 2.36. The topological polar surface area (TPSA) is 113 Å². The fraction of sp³-hybridized carbons (Fsp3) is 0.222. The summed E-state index contributed by atoms with van der Waals surface area (Å²) in [5.74, 6) is -0.451. The first-order valence-corrected chi connectivity index (χ1v) is 12.6. The van der Waals surface area contributed by atoms with Crippen molar-refractivity contribution in [2.45, 2.75) is 31.4 Å². The third kappa shape index (κ3) is 6.95. The van der Waals surface area contributed by atoms with E-state index < -0.39 is 17.4 Å². The molecule has 0 saturated carbocycles. The molecule has 4 rings (SSSR count). The second-order valence-corrected chi connectivity index (χ2v) is 9.43. The van der Waals surface area contributed by atoms with Gasteiger partial charge in [-0.15, -0.1) is 0 Å². The summed E-state index contributed by atoms with van der Waals surface area (Å²) in [6.45, 7) is 2.08. The number of pyridine rings is 1. The van der Waals surface area contributed by atoms with E-state index in [-0.39, 0.29) is 18.4 Å². The van der Waals surface area contributed by atoms with Gasteiger partial charge in [-0.05, 0) is 42.3 Å². The zero-order valence-corrected chi connectivity index (χ0v) is 21.3. The number of likely N-dealkylation sites (N-methyl/N-ethyl adjacent to an activating group) is 1. The van der Waals surface area contributed by atoms with Gasteiger partial charge >= 0.3 is 6.09 Å². The van der Waals surface area contributed by atoms with Gasteiger partial charge in [0.1, 0.15) is 17.9 Å². The van der Waals surface area contributed by atoms with Gasteiger partial charge in [0.15, 0.2) is 5.17 Å². The minimum absolute atomic E-state index is 0.0617. The molecule has 0 spiro atoms. The minimum atomic E-state index is -0.804. The Kier molecular flexibility index (Phi) is 8.52. The SMILES string of the molecule is C[C@@H](NC(=O)OCc1ccccc1)C(=O)Nc1ccc(C2SC(=NCc3ccccn3)N(C)C2=O)cc1. The van der Waals surface area contributed by atoms with Crippen LogP contribution in [0.3, 0.4) is 0 Å². The lowest BCUT2D eigenvalue weighted by molar-refractivity contribution is -0.125.